The summed E-state index contributed by atoms with van der Waals surface area (Å²) in [4.78, 5) is 12.5. The zero-order valence-electron chi connectivity index (χ0n) is 15.5. The maximum atomic E-state index is 12.5. The van der Waals surface area contributed by atoms with Crippen molar-refractivity contribution in [2.75, 3.05) is 19.0 Å². The second kappa shape index (κ2) is 9.65. The normalized spacial score (nSPS) is 10.9. The molecule has 2 aromatic rings. The van der Waals surface area contributed by atoms with E-state index in [2.05, 4.69) is 5.32 Å². The third-order valence-corrected chi connectivity index (χ3v) is 4.27. The van der Waals surface area contributed by atoms with Crippen LogP contribution in [0.2, 0.25) is 5.02 Å². The summed E-state index contributed by atoms with van der Waals surface area (Å²) >= 11 is 6.08. The summed E-state index contributed by atoms with van der Waals surface area (Å²) < 4.78 is 10.9. The van der Waals surface area contributed by atoms with Gasteiger partial charge in [-0.15, -0.1) is 0 Å². The minimum absolute atomic E-state index is 0.0408. The number of hydrogen-bond acceptors (Lipinski definition) is 4. The van der Waals surface area contributed by atoms with Crippen LogP contribution in [-0.4, -0.2) is 19.6 Å². The fourth-order valence-electron chi connectivity index (χ4n) is 2.33. The molecule has 0 aliphatic rings. The first-order valence-corrected chi connectivity index (χ1v) is 8.87. The Labute approximate surface area is 164 Å². The van der Waals surface area contributed by atoms with Crippen LogP contribution >= 0.6 is 11.6 Å². The molecule has 0 bridgehead atoms. The molecule has 0 atom stereocenters. The molecule has 0 aliphatic heterocycles. The first kappa shape index (κ1) is 20.3. The third-order valence-electron chi connectivity index (χ3n) is 3.86. The van der Waals surface area contributed by atoms with E-state index >= 15 is 0 Å². The van der Waals surface area contributed by atoms with Gasteiger partial charge in [-0.2, -0.15) is 5.26 Å². The number of benzene rings is 2. The van der Waals surface area contributed by atoms with Crippen molar-refractivity contribution in [3.05, 3.63) is 58.1 Å². The largest absolute Gasteiger partial charge is 0.497 e. The Kier molecular flexibility index (Phi) is 7.27. The van der Waals surface area contributed by atoms with Crippen LogP contribution in [0, 0.1) is 18.3 Å². The van der Waals surface area contributed by atoms with Crippen LogP contribution in [0.25, 0.3) is 6.08 Å². The topological polar surface area (TPSA) is 71.3 Å². The number of nitriles is 1. The summed E-state index contributed by atoms with van der Waals surface area (Å²) in [7, 11) is 1.57. The number of amides is 1. The average molecular weight is 385 g/mol. The van der Waals surface area contributed by atoms with Gasteiger partial charge in [-0.25, -0.2) is 0 Å². The fourth-order valence-corrected chi connectivity index (χ4v) is 2.51. The Morgan fingerprint density at radius 2 is 2.11 bits per heavy atom. The lowest BCUT2D eigenvalue weighted by atomic mass is 10.1. The summed E-state index contributed by atoms with van der Waals surface area (Å²) in [6.45, 7) is 4.31. The average Bonchev–Trinajstić information content (AvgIpc) is 2.68. The Morgan fingerprint density at radius 1 is 1.33 bits per heavy atom. The lowest BCUT2D eigenvalue weighted by Crippen LogP contribution is -2.14. The fraction of sp³-hybridized carbons (Fsp3) is 0.238. The molecule has 0 aliphatic carbocycles. The van der Waals surface area contributed by atoms with E-state index in [-0.39, 0.29) is 5.57 Å². The number of carbonyl (C=O) groups excluding carboxylic acids is 1. The highest BCUT2D eigenvalue weighted by atomic mass is 35.5. The quantitative estimate of drug-likeness (QED) is 0.539. The summed E-state index contributed by atoms with van der Waals surface area (Å²) in [5, 5.41) is 12.7. The van der Waals surface area contributed by atoms with Gasteiger partial charge in [0.05, 0.1) is 13.7 Å². The minimum Gasteiger partial charge on any atom is -0.497 e. The molecular formula is C21H21ClN2O3. The van der Waals surface area contributed by atoms with Gasteiger partial charge in [-0.1, -0.05) is 24.6 Å². The predicted octanol–water partition coefficient (Wildman–Crippen LogP) is 4.99. The van der Waals surface area contributed by atoms with Crippen molar-refractivity contribution >= 4 is 29.3 Å². The number of halogens is 1. The van der Waals surface area contributed by atoms with E-state index in [0.29, 0.717) is 34.4 Å². The van der Waals surface area contributed by atoms with Crippen LogP contribution in [0.3, 0.4) is 0 Å². The molecule has 5 nitrogen and oxygen atoms in total. The number of rotatable bonds is 7. The molecule has 0 saturated carbocycles. The van der Waals surface area contributed by atoms with Crippen molar-refractivity contribution in [2.24, 2.45) is 0 Å². The Balaban J connectivity index is 2.33. The van der Waals surface area contributed by atoms with Crippen molar-refractivity contribution in [1.82, 2.24) is 0 Å². The molecule has 0 saturated heterocycles. The molecule has 140 valence electrons. The van der Waals surface area contributed by atoms with Gasteiger partial charge in [0.25, 0.3) is 5.91 Å². The molecule has 2 rings (SSSR count). The number of carbonyl (C=O) groups is 1. The van der Waals surface area contributed by atoms with Gasteiger partial charge >= 0.3 is 0 Å². The number of anilines is 1. The standard InChI is InChI=1S/C21H21ClN2O3/c1-4-10-27-20-12-17(26-3)9-8-15(20)11-16(13-23)21(25)24-19-7-5-6-18(22)14(19)2/h5-9,11-12H,4,10H2,1-3H3,(H,24,25)/b16-11+. The molecule has 0 spiro atoms. The van der Waals surface area contributed by atoms with E-state index in [0.717, 1.165) is 12.0 Å². The number of hydrogen-bond donors (Lipinski definition) is 1. The molecule has 1 amide bonds. The van der Waals surface area contributed by atoms with Gasteiger partial charge in [0.1, 0.15) is 23.1 Å². The molecule has 0 unspecified atom stereocenters. The number of nitrogens with zero attached hydrogens (tertiary/aromatic N) is 1. The van der Waals surface area contributed by atoms with Gasteiger partial charge < -0.3 is 14.8 Å². The van der Waals surface area contributed by atoms with Crippen LogP contribution in [0.15, 0.2) is 42.0 Å². The van der Waals surface area contributed by atoms with Crippen LogP contribution in [0.5, 0.6) is 11.5 Å². The second-order valence-electron chi connectivity index (χ2n) is 5.79. The number of ether oxygens (including phenoxy) is 2. The molecule has 6 heteroatoms. The smallest absolute Gasteiger partial charge is 0.266 e. The lowest BCUT2D eigenvalue weighted by molar-refractivity contribution is -0.112. The monoisotopic (exact) mass is 384 g/mol. The zero-order valence-corrected chi connectivity index (χ0v) is 16.3. The molecule has 1 N–H and O–H groups in total. The van der Waals surface area contributed by atoms with Gasteiger partial charge in [-0.05, 0) is 49.2 Å². The van der Waals surface area contributed by atoms with E-state index in [9.17, 15) is 10.1 Å². The van der Waals surface area contributed by atoms with Crippen molar-refractivity contribution in [2.45, 2.75) is 20.3 Å². The maximum Gasteiger partial charge on any atom is 0.266 e. The molecule has 2 aromatic carbocycles. The maximum absolute atomic E-state index is 12.5. The van der Waals surface area contributed by atoms with Gasteiger partial charge in [0.2, 0.25) is 0 Å². The summed E-state index contributed by atoms with van der Waals surface area (Å²) in [5.74, 6) is 0.673. The minimum atomic E-state index is -0.514. The SMILES string of the molecule is CCCOc1cc(OC)ccc1/C=C(\C#N)C(=O)Nc1cccc(Cl)c1C. The molecule has 0 radical (unpaired) electrons. The van der Waals surface area contributed by atoms with Crippen LogP contribution in [-0.2, 0) is 4.79 Å². The highest BCUT2D eigenvalue weighted by Gasteiger charge is 2.14. The lowest BCUT2D eigenvalue weighted by Gasteiger charge is -2.11. The van der Waals surface area contributed by atoms with E-state index in [1.165, 1.54) is 6.08 Å². The molecule has 0 fully saturated rings. The zero-order chi connectivity index (χ0) is 19.8. The van der Waals surface area contributed by atoms with Crippen molar-refractivity contribution in [3.63, 3.8) is 0 Å². The molecular weight excluding hydrogens is 364 g/mol. The molecule has 0 heterocycles. The van der Waals surface area contributed by atoms with Crippen LogP contribution in [0.4, 0.5) is 5.69 Å². The number of nitrogens with one attached hydrogen (secondary N) is 1. The number of methoxy groups -OCH3 is 1. The van der Waals surface area contributed by atoms with E-state index in [4.69, 9.17) is 21.1 Å². The van der Waals surface area contributed by atoms with Crippen LogP contribution in [0.1, 0.15) is 24.5 Å². The van der Waals surface area contributed by atoms with Crippen LogP contribution < -0.4 is 14.8 Å². The van der Waals surface area contributed by atoms with Gasteiger partial charge in [0, 0.05) is 22.3 Å². The highest BCUT2D eigenvalue weighted by molar-refractivity contribution is 6.31. The van der Waals surface area contributed by atoms with Crippen molar-refractivity contribution < 1.29 is 14.3 Å². The predicted molar refractivity (Wildman–Crippen MR) is 107 cm³/mol. The Bertz CT molecular complexity index is 901. The van der Waals surface area contributed by atoms with E-state index in [1.807, 2.05) is 13.0 Å². The van der Waals surface area contributed by atoms with E-state index < -0.39 is 5.91 Å². The summed E-state index contributed by atoms with van der Waals surface area (Å²) in [6, 6.07) is 12.4. The van der Waals surface area contributed by atoms with Crippen molar-refractivity contribution in [1.29, 1.82) is 5.26 Å². The second-order valence-corrected chi connectivity index (χ2v) is 6.20. The summed E-state index contributed by atoms with van der Waals surface area (Å²) in [6.07, 6.45) is 2.33. The first-order chi connectivity index (χ1) is 13.0. The highest BCUT2D eigenvalue weighted by Crippen LogP contribution is 2.28. The van der Waals surface area contributed by atoms with Gasteiger partial charge in [-0.3, -0.25) is 4.79 Å². The first-order valence-electron chi connectivity index (χ1n) is 8.49. The summed E-state index contributed by atoms with van der Waals surface area (Å²) in [5.41, 5.74) is 1.88. The Morgan fingerprint density at radius 3 is 2.78 bits per heavy atom. The molecule has 0 aromatic heterocycles. The third kappa shape index (κ3) is 5.25. The van der Waals surface area contributed by atoms with Crippen molar-refractivity contribution in [3.8, 4) is 17.6 Å². The molecule has 27 heavy (non-hydrogen) atoms. The van der Waals surface area contributed by atoms with Gasteiger partial charge in [0.15, 0.2) is 0 Å². The van der Waals surface area contributed by atoms with E-state index in [1.54, 1.807) is 50.4 Å². The Hall–Kier alpha value is -2.97.